The summed E-state index contributed by atoms with van der Waals surface area (Å²) in [6, 6.07) is 0. The van der Waals surface area contributed by atoms with Gasteiger partial charge in [-0.15, -0.1) is 0 Å². The molecule has 16 heavy (non-hydrogen) atoms. The fourth-order valence-electron chi connectivity index (χ4n) is 3.27. The molecule has 0 aromatic heterocycles. The molecule has 2 unspecified atom stereocenters. The first kappa shape index (κ1) is 11.9. The van der Waals surface area contributed by atoms with Crippen molar-refractivity contribution in [3.05, 3.63) is 0 Å². The number of hydrogen-bond donors (Lipinski definition) is 1. The van der Waals surface area contributed by atoms with E-state index >= 15 is 0 Å². The van der Waals surface area contributed by atoms with E-state index in [9.17, 15) is 4.79 Å². The van der Waals surface area contributed by atoms with Gasteiger partial charge in [0, 0.05) is 13.1 Å². The Balaban J connectivity index is 2.01. The van der Waals surface area contributed by atoms with Crippen molar-refractivity contribution in [2.45, 2.75) is 51.5 Å². The number of nitrogens with zero attached hydrogens (tertiary/aromatic N) is 1. The molecule has 1 amide bonds. The molecule has 0 aromatic rings. The fourth-order valence-corrected chi connectivity index (χ4v) is 3.27. The average molecular weight is 224 g/mol. The van der Waals surface area contributed by atoms with Crippen LogP contribution in [0.5, 0.6) is 0 Å². The van der Waals surface area contributed by atoms with Crippen LogP contribution in [0.2, 0.25) is 0 Å². The second kappa shape index (κ2) is 4.36. The average Bonchev–Trinajstić information content (AvgIpc) is 2.87. The zero-order valence-electron chi connectivity index (χ0n) is 10.5. The lowest BCUT2D eigenvalue weighted by Gasteiger charge is -2.31. The van der Waals surface area contributed by atoms with Crippen LogP contribution >= 0.6 is 0 Å². The summed E-state index contributed by atoms with van der Waals surface area (Å²) in [6.07, 6.45) is 5.46. The number of likely N-dealkylation sites (tertiary alicyclic amines) is 1. The predicted molar refractivity (Wildman–Crippen MR) is 64.9 cm³/mol. The molecule has 1 saturated carbocycles. The third-order valence-electron chi connectivity index (χ3n) is 4.70. The van der Waals surface area contributed by atoms with Gasteiger partial charge in [0.25, 0.3) is 0 Å². The molecule has 3 heteroatoms. The highest BCUT2D eigenvalue weighted by atomic mass is 16.2. The second-order valence-electron chi connectivity index (χ2n) is 5.52. The molecule has 2 N–H and O–H groups in total. The molecule has 92 valence electrons. The first-order chi connectivity index (χ1) is 7.60. The second-order valence-corrected chi connectivity index (χ2v) is 5.52. The smallest absolute Gasteiger partial charge is 0.242 e. The summed E-state index contributed by atoms with van der Waals surface area (Å²) in [6.45, 7) is 5.95. The Morgan fingerprint density at radius 2 is 1.75 bits per heavy atom. The monoisotopic (exact) mass is 224 g/mol. The summed E-state index contributed by atoms with van der Waals surface area (Å²) in [7, 11) is 0. The highest BCUT2D eigenvalue weighted by molar-refractivity contribution is 5.86. The maximum absolute atomic E-state index is 12.4. The van der Waals surface area contributed by atoms with E-state index in [1.165, 1.54) is 19.3 Å². The van der Waals surface area contributed by atoms with E-state index in [4.69, 9.17) is 5.73 Å². The fraction of sp³-hybridized carbons (Fsp3) is 0.923. The molecule has 2 aliphatic rings. The van der Waals surface area contributed by atoms with Gasteiger partial charge < -0.3 is 10.6 Å². The quantitative estimate of drug-likeness (QED) is 0.794. The molecule has 1 saturated heterocycles. The van der Waals surface area contributed by atoms with Gasteiger partial charge in [0.05, 0.1) is 5.54 Å². The van der Waals surface area contributed by atoms with Crippen molar-refractivity contribution in [1.82, 2.24) is 4.90 Å². The number of fused-ring (bicyclic) bond motifs is 1. The molecule has 1 heterocycles. The molecule has 0 spiro atoms. The zero-order valence-corrected chi connectivity index (χ0v) is 10.5. The van der Waals surface area contributed by atoms with Crippen molar-refractivity contribution in [3.63, 3.8) is 0 Å². The molecule has 3 nitrogen and oxygen atoms in total. The Kier molecular flexibility index (Phi) is 3.24. The molecule has 0 radical (unpaired) electrons. The highest BCUT2D eigenvalue weighted by Gasteiger charge is 2.42. The van der Waals surface area contributed by atoms with Gasteiger partial charge in [-0.2, -0.15) is 0 Å². The van der Waals surface area contributed by atoms with E-state index in [2.05, 4.69) is 0 Å². The summed E-state index contributed by atoms with van der Waals surface area (Å²) >= 11 is 0. The Hall–Kier alpha value is -0.570. The van der Waals surface area contributed by atoms with Crippen LogP contribution in [0.4, 0.5) is 0 Å². The molecule has 2 atom stereocenters. The topological polar surface area (TPSA) is 46.3 Å². The minimum Gasteiger partial charge on any atom is -0.341 e. The maximum atomic E-state index is 12.4. The summed E-state index contributed by atoms with van der Waals surface area (Å²) in [5.74, 6) is 1.72. The van der Waals surface area contributed by atoms with Gasteiger partial charge >= 0.3 is 0 Å². The van der Waals surface area contributed by atoms with Crippen LogP contribution in [-0.2, 0) is 4.79 Å². The lowest BCUT2D eigenvalue weighted by Crippen LogP contribution is -2.54. The number of rotatable bonds is 3. The van der Waals surface area contributed by atoms with Crippen LogP contribution in [0.25, 0.3) is 0 Å². The Morgan fingerprint density at radius 3 is 2.19 bits per heavy atom. The van der Waals surface area contributed by atoms with E-state index in [0.29, 0.717) is 0 Å². The largest absolute Gasteiger partial charge is 0.341 e. The minimum atomic E-state index is -0.612. The van der Waals surface area contributed by atoms with Gasteiger partial charge in [0.2, 0.25) is 5.91 Å². The molecule has 1 aliphatic carbocycles. The lowest BCUT2D eigenvalue weighted by atomic mass is 9.92. The first-order valence-electron chi connectivity index (χ1n) is 6.69. The summed E-state index contributed by atoms with van der Waals surface area (Å²) in [5.41, 5.74) is 5.57. The number of carbonyl (C=O) groups excluding carboxylic acids is 1. The van der Waals surface area contributed by atoms with E-state index in [0.717, 1.165) is 37.8 Å². The van der Waals surface area contributed by atoms with Crippen molar-refractivity contribution in [2.75, 3.05) is 13.1 Å². The Labute approximate surface area is 98.4 Å². The van der Waals surface area contributed by atoms with E-state index < -0.39 is 5.54 Å². The third-order valence-corrected chi connectivity index (χ3v) is 4.70. The van der Waals surface area contributed by atoms with Crippen LogP contribution in [-0.4, -0.2) is 29.4 Å². The number of nitrogens with two attached hydrogens (primary N) is 1. The van der Waals surface area contributed by atoms with Crippen LogP contribution in [0.1, 0.15) is 46.0 Å². The third kappa shape index (κ3) is 1.86. The first-order valence-corrected chi connectivity index (χ1v) is 6.69. The van der Waals surface area contributed by atoms with Gasteiger partial charge in [-0.05, 0) is 37.5 Å². The van der Waals surface area contributed by atoms with Crippen LogP contribution in [0.3, 0.4) is 0 Å². The van der Waals surface area contributed by atoms with Gasteiger partial charge in [0.1, 0.15) is 0 Å². The van der Waals surface area contributed by atoms with Crippen molar-refractivity contribution in [1.29, 1.82) is 0 Å². The van der Waals surface area contributed by atoms with Crippen molar-refractivity contribution < 1.29 is 4.79 Å². The molecule has 0 aromatic carbocycles. The van der Waals surface area contributed by atoms with Gasteiger partial charge in [-0.1, -0.05) is 20.3 Å². The molecule has 0 bridgehead atoms. The SMILES string of the molecule is CCC(N)(CC)C(=O)N1CC2CCCC2C1. The van der Waals surface area contributed by atoms with Crippen LogP contribution in [0, 0.1) is 11.8 Å². The Bertz CT molecular complexity index is 261. The summed E-state index contributed by atoms with van der Waals surface area (Å²) in [5, 5.41) is 0. The van der Waals surface area contributed by atoms with E-state index in [-0.39, 0.29) is 5.91 Å². The summed E-state index contributed by atoms with van der Waals surface area (Å²) in [4.78, 5) is 14.4. The lowest BCUT2D eigenvalue weighted by molar-refractivity contribution is -0.136. The summed E-state index contributed by atoms with van der Waals surface area (Å²) < 4.78 is 0. The molecule has 1 aliphatic heterocycles. The zero-order chi connectivity index (χ0) is 11.8. The maximum Gasteiger partial charge on any atom is 0.242 e. The van der Waals surface area contributed by atoms with Crippen molar-refractivity contribution in [3.8, 4) is 0 Å². The van der Waals surface area contributed by atoms with Crippen LogP contribution in [0.15, 0.2) is 0 Å². The van der Waals surface area contributed by atoms with Crippen LogP contribution < -0.4 is 5.73 Å². The van der Waals surface area contributed by atoms with Gasteiger partial charge in [-0.25, -0.2) is 0 Å². The molecule has 2 fully saturated rings. The van der Waals surface area contributed by atoms with E-state index in [1.807, 2.05) is 18.7 Å². The Morgan fingerprint density at radius 1 is 1.25 bits per heavy atom. The van der Waals surface area contributed by atoms with Crippen molar-refractivity contribution >= 4 is 5.91 Å². The number of carbonyl (C=O) groups is 1. The van der Waals surface area contributed by atoms with Crippen molar-refractivity contribution in [2.24, 2.45) is 17.6 Å². The number of amides is 1. The van der Waals surface area contributed by atoms with Gasteiger partial charge in [0.15, 0.2) is 0 Å². The standard InChI is InChI=1S/C13H24N2O/c1-3-13(14,4-2)12(16)15-8-10-6-5-7-11(10)9-15/h10-11H,3-9,14H2,1-2H3. The normalized spacial score (nSPS) is 29.6. The molecule has 2 rings (SSSR count). The predicted octanol–water partition coefficient (Wildman–Crippen LogP) is 1.76. The van der Waals surface area contributed by atoms with E-state index in [1.54, 1.807) is 0 Å². The molecular weight excluding hydrogens is 200 g/mol. The number of hydrogen-bond acceptors (Lipinski definition) is 2. The highest BCUT2D eigenvalue weighted by Crippen LogP contribution is 2.38. The van der Waals surface area contributed by atoms with Gasteiger partial charge in [-0.3, -0.25) is 4.79 Å². The minimum absolute atomic E-state index is 0.187. The molecular formula is C13H24N2O.